The molecular formula is C21H25N3O2. The number of phenolic OH excluding ortho intramolecular Hbond substituents is 1. The molecule has 1 amide bonds. The Balaban J connectivity index is 1.94. The molecule has 0 spiro atoms. The number of H-pyrrole nitrogens is 1. The minimum absolute atomic E-state index is 0.0170. The van der Waals surface area contributed by atoms with Crippen LogP contribution in [0, 0.1) is 6.92 Å². The van der Waals surface area contributed by atoms with Gasteiger partial charge in [0.1, 0.15) is 5.75 Å². The van der Waals surface area contributed by atoms with Crippen LogP contribution in [0.1, 0.15) is 46.9 Å². The number of rotatable bonds is 6. The lowest BCUT2D eigenvalue weighted by molar-refractivity contribution is 0.0790. The number of hydrogen-bond donors (Lipinski definition) is 2. The summed E-state index contributed by atoms with van der Waals surface area (Å²) in [5, 5.41) is 18.5. The Morgan fingerprint density at radius 2 is 2.08 bits per heavy atom. The second-order valence-corrected chi connectivity index (χ2v) is 6.83. The molecule has 0 bridgehead atoms. The Labute approximate surface area is 153 Å². The second kappa shape index (κ2) is 7.60. The highest BCUT2D eigenvalue weighted by atomic mass is 16.3. The minimum atomic E-state index is -0.166. The van der Waals surface area contributed by atoms with Crippen LogP contribution in [-0.2, 0) is 6.42 Å². The molecule has 0 fully saturated rings. The van der Waals surface area contributed by atoms with E-state index in [0.29, 0.717) is 18.5 Å². The Kier molecular flexibility index (Phi) is 5.26. The molecule has 1 aromatic heterocycles. The number of hydrogen-bond acceptors (Lipinski definition) is 3. The van der Waals surface area contributed by atoms with Gasteiger partial charge in [0.25, 0.3) is 5.91 Å². The number of amides is 1. The summed E-state index contributed by atoms with van der Waals surface area (Å²) in [6.45, 7) is 4.83. The van der Waals surface area contributed by atoms with E-state index in [1.54, 1.807) is 24.1 Å². The van der Waals surface area contributed by atoms with Gasteiger partial charge in [-0.1, -0.05) is 43.2 Å². The highest BCUT2D eigenvalue weighted by molar-refractivity contribution is 6.01. The van der Waals surface area contributed by atoms with E-state index >= 15 is 0 Å². The van der Waals surface area contributed by atoms with Crippen molar-refractivity contribution >= 4 is 16.8 Å². The van der Waals surface area contributed by atoms with Crippen molar-refractivity contribution in [3.8, 4) is 5.75 Å². The molecule has 2 aromatic carbocycles. The molecule has 5 heteroatoms. The molecule has 0 aliphatic heterocycles. The molecule has 0 radical (unpaired) electrons. The number of carbonyl (C=O) groups excluding carboxylic acids is 1. The first-order chi connectivity index (χ1) is 12.5. The zero-order valence-corrected chi connectivity index (χ0v) is 15.5. The van der Waals surface area contributed by atoms with Crippen LogP contribution in [0.5, 0.6) is 5.75 Å². The number of aromatic amines is 1. The summed E-state index contributed by atoms with van der Waals surface area (Å²) in [6, 6.07) is 11.6. The van der Waals surface area contributed by atoms with Crippen LogP contribution in [0.2, 0.25) is 0 Å². The molecule has 0 aliphatic rings. The number of unbranched alkanes of at least 4 members (excludes halogenated alkanes) is 1. The summed E-state index contributed by atoms with van der Waals surface area (Å²) >= 11 is 0. The summed E-state index contributed by atoms with van der Waals surface area (Å²) in [5.41, 5.74) is 4.30. The van der Waals surface area contributed by atoms with Crippen LogP contribution in [0.4, 0.5) is 0 Å². The van der Waals surface area contributed by atoms with E-state index in [0.717, 1.165) is 29.4 Å². The van der Waals surface area contributed by atoms with Crippen molar-refractivity contribution < 1.29 is 9.90 Å². The highest BCUT2D eigenvalue weighted by Crippen LogP contribution is 2.28. The molecule has 26 heavy (non-hydrogen) atoms. The third-order valence-electron chi connectivity index (χ3n) is 4.64. The number of aryl methyl sites for hydroxylation is 1. The van der Waals surface area contributed by atoms with Crippen molar-refractivity contribution in [1.82, 2.24) is 15.1 Å². The van der Waals surface area contributed by atoms with Crippen LogP contribution in [0.25, 0.3) is 10.9 Å². The number of fused-ring (bicyclic) bond motifs is 1. The Morgan fingerprint density at radius 3 is 2.81 bits per heavy atom. The van der Waals surface area contributed by atoms with Gasteiger partial charge >= 0.3 is 0 Å². The van der Waals surface area contributed by atoms with Crippen LogP contribution in [0.15, 0.2) is 36.4 Å². The quantitative estimate of drug-likeness (QED) is 0.704. The molecule has 2 N–H and O–H groups in total. The van der Waals surface area contributed by atoms with Gasteiger partial charge in [-0.05, 0) is 25.0 Å². The monoisotopic (exact) mass is 351 g/mol. The fraction of sp³-hybridized carbons (Fsp3) is 0.333. The summed E-state index contributed by atoms with van der Waals surface area (Å²) in [4.78, 5) is 14.3. The number of nitrogens with one attached hydrogen (secondary N) is 1. The molecule has 136 valence electrons. The topological polar surface area (TPSA) is 69.2 Å². The zero-order chi connectivity index (χ0) is 18.7. The summed E-state index contributed by atoms with van der Waals surface area (Å²) < 4.78 is 0. The number of carbonyl (C=O) groups is 1. The van der Waals surface area contributed by atoms with Crippen molar-refractivity contribution in [3.05, 3.63) is 58.8 Å². The second-order valence-electron chi connectivity index (χ2n) is 6.83. The van der Waals surface area contributed by atoms with Gasteiger partial charge in [0.05, 0.1) is 16.8 Å². The fourth-order valence-electron chi connectivity index (χ4n) is 3.13. The molecule has 1 heterocycles. The van der Waals surface area contributed by atoms with Gasteiger partial charge in [0.2, 0.25) is 0 Å². The van der Waals surface area contributed by atoms with E-state index in [4.69, 9.17) is 0 Å². The van der Waals surface area contributed by atoms with E-state index in [-0.39, 0.29) is 11.7 Å². The highest BCUT2D eigenvalue weighted by Gasteiger charge is 2.18. The van der Waals surface area contributed by atoms with E-state index < -0.39 is 0 Å². The first-order valence-corrected chi connectivity index (χ1v) is 9.00. The first-order valence-electron chi connectivity index (χ1n) is 9.00. The SMILES string of the molecule is CCCCN(C)C(=O)c1cc2c(Cc3cccc(C)c3)n[nH]c2cc1O. The normalized spacial score (nSPS) is 11.0. The number of nitrogens with zero attached hydrogens (tertiary/aromatic N) is 2. The van der Waals surface area contributed by atoms with Crippen molar-refractivity contribution in [2.75, 3.05) is 13.6 Å². The standard InChI is InChI=1S/C21H25N3O2/c1-4-5-9-24(3)21(26)17-12-16-18(22-23-19(16)13-20(17)25)11-15-8-6-7-14(2)10-15/h6-8,10,12-13,25H,4-5,9,11H2,1-3H3,(H,22,23). The van der Waals surface area contributed by atoms with Gasteiger partial charge in [0.15, 0.2) is 0 Å². The molecule has 0 atom stereocenters. The number of phenols is 1. The number of aromatic hydroxyl groups is 1. The van der Waals surface area contributed by atoms with Crippen LogP contribution >= 0.6 is 0 Å². The van der Waals surface area contributed by atoms with Gasteiger partial charge < -0.3 is 10.0 Å². The van der Waals surface area contributed by atoms with Crippen molar-refractivity contribution in [3.63, 3.8) is 0 Å². The van der Waals surface area contributed by atoms with E-state index in [1.165, 1.54) is 11.1 Å². The van der Waals surface area contributed by atoms with Crippen molar-refractivity contribution in [1.29, 1.82) is 0 Å². The van der Waals surface area contributed by atoms with Gasteiger partial charge in [-0.2, -0.15) is 5.10 Å². The van der Waals surface area contributed by atoms with Crippen molar-refractivity contribution in [2.45, 2.75) is 33.1 Å². The fourth-order valence-corrected chi connectivity index (χ4v) is 3.13. The van der Waals surface area contributed by atoms with E-state index in [9.17, 15) is 9.90 Å². The third-order valence-corrected chi connectivity index (χ3v) is 4.64. The van der Waals surface area contributed by atoms with Crippen LogP contribution in [-0.4, -0.2) is 39.7 Å². The lowest BCUT2D eigenvalue weighted by Crippen LogP contribution is -2.27. The maximum Gasteiger partial charge on any atom is 0.257 e. The maximum atomic E-state index is 12.7. The van der Waals surface area contributed by atoms with Gasteiger partial charge in [0, 0.05) is 31.5 Å². The van der Waals surface area contributed by atoms with E-state index in [2.05, 4.69) is 42.2 Å². The van der Waals surface area contributed by atoms with Gasteiger partial charge in [-0.15, -0.1) is 0 Å². The molecule has 0 saturated carbocycles. The number of benzene rings is 2. The van der Waals surface area contributed by atoms with Crippen LogP contribution in [0.3, 0.4) is 0 Å². The lowest BCUT2D eigenvalue weighted by atomic mass is 10.0. The first kappa shape index (κ1) is 18.0. The third kappa shape index (κ3) is 3.72. The lowest BCUT2D eigenvalue weighted by Gasteiger charge is -2.17. The summed E-state index contributed by atoms with van der Waals surface area (Å²) in [7, 11) is 1.77. The average molecular weight is 351 g/mol. The van der Waals surface area contributed by atoms with E-state index in [1.807, 2.05) is 6.07 Å². The Morgan fingerprint density at radius 1 is 1.27 bits per heavy atom. The smallest absolute Gasteiger partial charge is 0.257 e. The molecular weight excluding hydrogens is 326 g/mol. The Hall–Kier alpha value is -2.82. The largest absolute Gasteiger partial charge is 0.507 e. The molecule has 0 unspecified atom stereocenters. The number of aromatic nitrogens is 2. The molecule has 0 saturated heterocycles. The minimum Gasteiger partial charge on any atom is -0.507 e. The zero-order valence-electron chi connectivity index (χ0n) is 15.5. The van der Waals surface area contributed by atoms with Gasteiger partial charge in [-0.3, -0.25) is 9.89 Å². The summed E-state index contributed by atoms with van der Waals surface area (Å²) in [6.07, 6.45) is 2.63. The predicted octanol–water partition coefficient (Wildman–Crippen LogP) is 4.04. The molecule has 0 aliphatic carbocycles. The van der Waals surface area contributed by atoms with Crippen LogP contribution < -0.4 is 0 Å². The van der Waals surface area contributed by atoms with Crippen molar-refractivity contribution in [2.24, 2.45) is 0 Å². The Bertz CT molecular complexity index is 930. The van der Waals surface area contributed by atoms with Gasteiger partial charge in [-0.25, -0.2) is 0 Å². The maximum absolute atomic E-state index is 12.7. The average Bonchev–Trinajstić information content (AvgIpc) is 3.00. The predicted molar refractivity (Wildman–Crippen MR) is 104 cm³/mol. The molecule has 3 aromatic rings. The molecule has 5 nitrogen and oxygen atoms in total. The summed E-state index contributed by atoms with van der Waals surface area (Å²) in [5.74, 6) is -0.183. The molecule has 3 rings (SSSR count).